The molecule has 0 aliphatic carbocycles. The summed E-state index contributed by atoms with van der Waals surface area (Å²) >= 11 is 0. The molecule has 1 aliphatic rings. The first-order valence-electron chi connectivity index (χ1n) is 9.30. The minimum Gasteiger partial charge on any atom is -0.321 e. The molecule has 144 valence electrons. The van der Waals surface area contributed by atoms with Gasteiger partial charge in [-0.2, -0.15) is 4.31 Å². The number of aromatic nitrogens is 1. The first-order chi connectivity index (χ1) is 13.5. The molecular weight excluding hydrogens is 374 g/mol. The number of anilines is 1. The van der Waals surface area contributed by atoms with Gasteiger partial charge in [-0.15, -0.1) is 0 Å². The molecule has 3 aromatic rings. The van der Waals surface area contributed by atoms with Crippen molar-refractivity contribution in [2.75, 3.05) is 18.4 Å². The van der Waals surface area contributed by atoms with Crippen LogP contribution in [0.1, 0.15) is 29.6 Å². The summed E-state index contributed by atoms with van der Waals surface area (Å²) < 4.78 is 27.2. The number of rotatable bonds is 4. The smallest absolute Gasteiger partial charge is 0.255 e. The van der Waals surface area contributed by atoms with Crippen LogP contribution in [0.2, 0.25) is 0 Å². The number of sulfonamides is 1. The van der Waals surface area contributed by atoms with Gasteiger partial charge < -0.3 is 5.32 Å². The minimum atomic E-state index is -3.58. The summed E-state index contributed by atoms with van der Waals surface area (Å²) in [6.45, 7) is 1.06. The summed E-state index contributed by atoms with van der Waals surface area (Å²) in [6.07, 6.45) is 4.38. The largest absolute Gasteiger partial charge is 0.321 e. The molecule has 1 amide bonds. The fraction of sp³-hybridized carbons (Fsp3) is 0.238. The summed E-state index contributed by atoms with van der Waals surface area (Å²) in [5.41, 5.74) is 1.70. The van der Waals surface area contributed by atoms with Crippen molar-refractivity contribution in [3.63, 3.8) is 0 Å². The Morgan fingerprint density at radius 3 is 2.57 bits per heavy atom. The summed E-state index contributed by atoms with van der Waals surface area (Å²) in [7, 11) is -3.58. The van der Waals surface area contributed by atoms with Crippen LogP contribution >= 0.6 is 0 Å². The Balaban J connectivity index is 1.57. The highest BCUT2D eigenvalue weighted by atomic mass is 32.2. The average molecular weight is 395 g/mol. The maximum Gasteiger partial charge on any atom is 0.255 e. The van der Waals surface area contributed by atoms with Gasteiger partial charge in [-0.1, -0.05) is 30.7 Å². The second kappa shape index (κ2) is 7.69. The summed E-state index contributed by atoms with van der Waals surface area (Å²) in [5.74, 6) is -0.368. The molecule has 0 saturated carbocycles. The van der Waals surface area contributed by atoms with E-state index in [1.54, 1.807) is 18.3 Å². The molecule has 2 aromatic carbocycles. The van der Waals surface area contributed by atoms with Crippen molar-refractivity contribution < 1.29 is 13.2 Å². The van der Waals surface area contributed by atoms with Gasteiger partial charge in [-0.25, -0.2) is 8.42 Å². The van der Waals surface area contributed by atoms with Crippen molar-refractivity contribution >= 4 is 32.5 Å². The molecular formula is C21H21N3O3S. The van der Waals surface area contributed by atoms with E-state index in [0.29, 0.717) is 24.3 Å². The second-order valence-electron chi connectivity index (χ2n) is 6.86. The van der Waals surface area contributed by atoms with Gasteiger partial charge in [0.2, 0.25) is 10.0 Å². The lowest BCUT2D eigenvalue weighted by atomic mass is 10.2. The molecule has 0 bridgehead atoms. The Kier molecular flexibility index (Phi) is 5.11. The Bertz CT molecular complexity index is 1120. The van der Waals surface area contributed by atoms with E-state index >= 15 is 0 Å². The number of hydrogen-bond donors (Lipinski definition) is 1. The van der Waals surface area contributed by atoms with Crippen LogP contribution in [-0.4, -0.2) is 36.7 Å². The highest BCUT2D eigenvalue weighted by Gasteiger charge is 2.26. The van der Waals surface area contributed by atoms with Gasteiger partial charge in [-0.3, -0.25) is 9.78 Å². The zero-order valence-corrected chi connectivity index (χ0v) is 16.2. The molecule has 1 fully saturated rings. The molecule has 0 radical (unpaired) electrons. The Morgan fingerprint density at radius 1 is 0.964 bits per heavy atom. The molecule has 28 heavy (non-hydrogen) atoms. The first kappa shape index (κ1) is 18.6. The number of benzene rings is 2. The van der Waals surface area contributed by atoms with E-state index < -0.39 is 10.0 Å². The van der Waals surface area contributed by atoms with Crippen molar-refractivity contribution in [3.05, 3.63) is 66.4 Å². The van der Waals surface area contributed by atoms with Crippen molar-refractivity contribution in [1.82, 2.24) is 9.29 Å². The zero-order valence-electron chi connectivity index (χ0n) is 15.3. The Labute approximate surface area is 164 Å². The van der Waals surface area contributed by atoms with E-state index in [9.17, 15) is 13.2 Å². The standard InChI is InChI=1S/C21H21N3O3S/c25-21(23-18-13-16-7-2-3-10-20(16)22-15-18)17-8-6-9-19(14-17)28(26,27)24-11-4-1-5-12-24/h2-3,6-10,13-15H,1,4-5,11-12H2,(H,23,25). The third-order valence-corrected chi connectivity index (χ3v) is 6.79. The fourth-order valence-electron chi connectivity index (χ4n) is 3.39. The van der Waals surface area contributed by atoms with E-state index in [1.165, 1.54) is 16.4 Å². The van der Waals surface area contributed by atoms with E-state index in [4.69, 9.17) is 0 Å². The number of pyridine rings is 1. The molecule has 1 aromatic heterocycles. The lowest BCUT2D eigenvalue weighted by Crippen LogP contribution is -2.35. The van der Waals surface area contributed by atoms with Gasteiger partial charge >= 0.3 is 0 Å². The summed E-state index contributed by atoms with van der Waals surface area (Å²) in [4.78, 5) is 17.1. The number of nitrogens with one attached hydrogen (secondary N) is 1. The van der Waals surface area contributed by atoms with Gasteiger partial charge in [0.1, 0.15) is 0 Å². The predicted octanol–water partition coefficient (Wildman–Crippen LogP) is 3.66. The lowest BCUT2D eigenvalue weighted by Gasteiger charge is -2.26. The Hall–Kier alpha value is -2.77. The second-order valence-corrected chi connectivity index (χ2v) is 8.80. The van der Waals surface area contributed by atoms with E-state index in [1.807, 2.05) is 30.3 Å². The van der Waals surface area contributed by atoms with Crippen LogP contribution in [-0.2, 0) is 10.0 Å². The molecule has 1 N–H and O–H groups in total. The van der Waals surface area contributed by atoms with Crippen LogP contribution in [0, 0.1) is 0 Å². The molecule has 4 rings (SSSR count). The Morgan fingerprint density at radius 2 is 1.75 bits per heavy atom. The third kappa shape index (κ3) is 3.76. The third-order valence-electron chi connectivity index (χ3n) is 4.90. The maximum absolute atomic E-state index is 12.9. The number of para-hydroxylation sites is 1. The minimum absolute atomic E-state index is 0.152. The number of fused-ring (bicyclic) bond motifs is 1. The predicted molar refractivity (Wildman–Crippen MR) is 109 cm³/mol. The quantitative estimate of drug-likeness (QED) is 0.731. The van der Waals surface area contributed by atoms with Crippen LogP contribution in [0.15, 0.2) is 65.7 Å². The van der Waals surface area contributed by atoms with Crippen LogP contribution in [0.5, 0.6) is 0 Å². The van der Waals surface area contributed by atoms with Crippen LogP contribution < -0.4 is 5.32 Å². The number of carbonyl (C=O) groups is 1. The number of piperidine rings is 1. The molecule has 1 aliphatic heterocycles. The first-order valence-corrected chi connectivity index (χ1v) is 10.7. The number of hydrogen-bond acceptors (Lipinski definition) is 4. The van der Waals surface area contributed by atoms with Crippen LogP contribution in [0.25, 0.3) is 10.9 Å². The van der Waals surface area contributed by atoms with Crippen molar-refractivity contribution in [2.45, 2.75) is 24.2 Å². The fourth-order valence-corrected chi connectivity index (χ4v) is 4.96. The normalized spacial score (nSPS) is 15.4. The summed E-state index contributed by atoms with van der Waals surface area (Å²) in [6, 6.07) is 15.7. The summed E-state index contributed by atoms with van der Waals surface area (Å²) in [5, 5.41) is 3.72. The molecule has 7 heteroatoms. The van der Waals surface area contributed by atoms with Crippen molar-refractivity contribution in [3.8, 4) is 0 Å². The van der Waals surface area contributed by atoms with Gasteiger partial charge in [-0.05, 0) is 43.2 Å². The highest BCUT2D eigenvalue weighted by Crippen LogP contribution is 2.22. The van der Waals surface area contributed by atoms with Gasteiger partial charge in [0.15, 0.2) is 0 Å². The molecule has 0 atom stereocenters. The van der Waals surface area contributed by atoms with Crippen molar-refractivity contribution in [2.24, 2.45) is 0 Å². The number of nitrogens with zero attached hydrogens (tertiary/aromatic N) is 2. The lowest BCUT2D eigenvalue weighted by molar-refractivity contribution is 0.102. The monoisotopic (exact) mass is 395 g/mol. The highest BCUT2D eigenvalue weighted by molar-refractivity contribution is 7.89. The number of amides is 1. The van der Waals surface area contributed by atoms with E-state index in [-0.39, 0.29) is 10.8 Å². The SMILES string of the molecule is O=C(Nc1cnc2ccccc2c1)c1cccc(S(=O)(=O)N2CCCCC2)c1. The van der Waals surface area contributed by atoms with Gasteiger partial charge in [0, 0.05) is 24.0 Å². The maximum atomic E-state index is 12.9. The topological polar surface area (TPSA) is 79.4 Å². The number of carbonyl (C=O) groups excluding carboxylic acids is 1. The van der Waals surface area contributed by atoms with Gasteiger partial charge in [0.25, 0.3) is 5.91 Å². The van der Waals surface area contributed by atoms with Crippen LogP contribution in [0.4, 0.5) is 5.69 Å². The van der Waals surface area contributed by atoms with Crippen molar-refractivity contribution in [1.29, 1.82) is 0 Å². The molecule has 2 heterocycles. The van der Waals surface area contributed by atoms with E-state index in [0.717, 1.165) is 30.2 Å². The van der Waals surface area contributed by atoms with Crippen LogP contribution in [0.3, 0.4) is 0 Å². The van der Waals surface area contributed by atoms with E-state index in [2.05, 4.69) is 10.3 Å². The zero-order chi connectivity index (χ0) is 19.6. The average Bonchev–Trinajstić information content (AvgIpc) is 2.74. The molecule has 1 saturated heterocycles. The molecule has 0 unspecified atom stereocenters. The van der Waals surface area contributed by atoms with Gasteiger partial charge in [0.05, 0.1) is 22.3 Å². The molecule has 0 spiro atoms. The molecule has 6 nitrogen and oxygen atoms in total.